The van der Waals surface area contributed by atoms with Gasteiger partial charge in [-0.15, -0.1) is 0 Å². The van der Waals surface area contributed by atoms with Crippen molar-refractivity contribution in [2.45, 2.75) is 33.6 Å². The van der Waals surface area contributed by atoms with Gasteiger partial charge in [0.05, 0.1) is 0 Å². The highest BCUT2D eigenvalue weighted by atomic mass is 16.2. The van der Waals surface area contributed by atoms with Crippen LogP contribution in [0.5, 0.6) is 0 Å². The van der Waals surface area contributed by atoms with Gasteiger partial charge in [-0.2, -0.15) is 0 Å². The van der Waals surface area contributed by atoms with Crippen molar-refractivity contribution >= 4 is 17.5 Å². The Labute approximate surface area is 161 Å². The number of hydrogen-bond acceptors (Lipinski definition) is 3. The first-order chi connectivity index (χ1) is 13.0. The Bertz CT molecular complexity index is 834. The third-order valence-electron chi connectivity index (χ3n) is 5.04. The van der Waals surface area contributed by atoms with Crippen LogP contribution in [0.4, 0.5) is 5.69 Å². The Morgan fingerprint density at radius 1 is 1.26 bits per heavy atom. The van der Waals surface area contributed by atoms with Crippen molar-refractivity contribution in [2.24, 2.45) is 5.92 Å². The molecule has 1 aliphatic rings. The van der Waals surface area contributed by atoms with Crippen LogP contribution < -0.4 is 4.90 Å². The first kappa shape index (κ1) is 19.1. The molecule has 0 saturated carbocycles. The summed E-state index contributed by atoms with van der Waals surface area (Å²) in [6, 6.07) is 11.2. The average Bonchev–Trinajstić information content (AvgIpc) is 2.68. The molecule has 0 bridgehead atoms. The van der Waals surface area contributed by atoms with Gasteiger partial charge in [0.1, 0.15) is 5.69 Å². The summed E-state index contributed by atoms with van der Waals surface area (Å²) in [4.78, 5) is 33.7. The molecule has 142 valence electrons. The van der Waals surface area contributed by atoms with E-state index in [0.29, 0.717) is 23.7 Å². The fraction of sp³-hybridized carbons (Fsp3) is 0.409. The molecule has 1 unspecified atom stereocenters. The topological polar surface area (TPSA) is 53.5 Å². The van der Waals surface area contributed by atoms with E-state index in [4.69, 9.17) is 0 Å². The summed E-state index contributed by atoms with van der Waals surface area (Å²) < 4.78 is 0. The number of benzene rings is 1. The van der Waals surface area contributed by atoms with E-state index in [1.165, 1.54) is 0 Å². The van der Waals surface area contributed by atoms with Crippen molar-refractivity contribution in [3.63, 3.8) is 0 Å². The van der Waals surface area contributed by atoms with Gasteiger partial charge in [-0.25, -0.2) is 0 Å². The maximum Gasteiger partial charge on any atom is 0.276 e. The lowest BCUT2D eigenvalue weighted by molar-refractivity contribution is 0.0683. The van der Waals surface area contributed by atoms with E-state index < -0.39 is 0 Å². The number of likely N-dealkylation sites (tertiary alicyclic amines) is 1. The first-order valence-corrected chi connectivity index (χ1v) is 9.63. The van der Waals surface area contributed by atoms with Gasteiger partial charge in [0.15, 0.2) is 0 Å². The molecule has 5 nitrogen and oxygen atoms in total. The fourth-order valence-corrected chi connectivity index (χ4v) is 3.61. The molecule has 1 atom stereocenters. The molecule has 1 aromatic heterocycles. The third-order valence-corrected chi connectivity index (χ3v) is 5.04. The van der Waals surface area contributed by atoms with Crippen molar-refractivity contribution in [1.82, 2.24) is 9.88 Å². The van der Waals surface area contributed by atoms with E-state index in [9.17, 15) is 9.59 Å². The van der Waals surface area contributed by atoms with Crippen LogP contribution in [0.3, 0.4) is 0 Å². The summed E-state index contributed by atoms with van der Waals surface area (Å²) in [6.07, 6.45) is 3.74. The van der Waals surface area contributed by atoms with Gasteiger partial charge in [0.2, 0.25) is 0 Å². The SMILES string of the molecule is CCN(C(=O)c1cc(C(=O)N2CCCC(C)C2)ccn1)c1cccc(C)c1. The zero-order valence-corrected chi connectivity index (χ0v) is 16.3. The van der Waals surface area contributed by atoms with Crippen LogP contribution >= 0.6 is 0 Å². The Hall–Kier alpha value is -2.69. The predicted molar refractivity (Wildman–Crippen MR) is 107 cm³/mol. The molecule has 0 radical (unpaired) electrons. The summed E-state index contributed by atoms with van der Waals surface area (Å²) in [6.45, 7) is 8.19. The average molecular weight is 365 g/mol. The highest BCUT2D eigenvalue weighted by Gasteiger charge is 2.24. The Morgan fingerprint density at radius 3 is 2.78 bits per heavy atom. The van der Waals surface area contributed by atoms with Gasteiger partial charge in [-0.05, 0) is 62.4 Å². The zero-order valence-electron chi connectivity index (χ0n) is 16.3. The number of carbonyl (C=O) groups excluding carboxylic acids is 2. The van der Waals surface area contributed by atoms with Crippen LogP contribution in [0.25, 0.3) is 0 Å². The lowest BCUT2D eigenvalue weighted by atomic mass is 9.99. The summed E-state index contributed by atoms with van der Waals surface area (Å²) >= 11 is 0. The number of hydrogen-bond donors (Lipinski definition) is 0. The van der Waals surface area contributed by atoms with Gasteiger partial charge in [-0.1, -0.05) is 19.1 Å². The molecule has 0 aliphatic carbocycles. The Balaban J connectivity index is 1.83. The highest BCUT2D eigenvalue weighted by Crippen LogP contribution is 2.20. The van der Waals surface area contributed by atoms with Crippen molar-refractivity contribution in [3.05, 3.63) is 59.4 Å². The molecule has 27 heavy (non-hydrogen) atoms. The van der Waals surface area contributed by atoms with Gasteiger partial charge in [0.25, 0.3) is 11.8 Å². The summed E-state index contributed by atoms with van der Waals surface area (Å²) in [7, 11) is 0. The van der Waals surface area contributed by atoms with E-state index >= 15 is 0 Å². The van der Waals surface area contributed by atoms with Gasteiger partial charge in [-0.3, -0.25) is 14.6 Å². The number of carbonyl (C=O) groups is 2. The van der Waals surface area contributed by atoms with Crippen LogP contribution in [0.2, 0.25) is 0 Å². The van der Waals surface area contributed by atoms with Crippen molar-refractivity contribution in [3.8, 4) is 0 Å². The van der Waals surface area contributed by atoms with Crippen LogP contribution in [0.1, 0.15) is 53.1 Å². The molecule has 1 aromatic carbocycles. The fourth-order valence-electron chi connectivity index (χ4n) is 3.61. The highest BCUT2D eigenvalue weighted by molar-refractivity contribution is 6.06. The molecule has 2 amide bonds. The van der Waals surface area contributed by atoms with Crippen LogP contribution in [-0.2, 0) is 0 Å². The summed E-state index contributed by atoms with van der Waals surface area (Å²) in [5, 5.41) is 0. The van der Waals surface area contributed by atoms with Gasteiger partial charge in [0, 0.05) is 37.1 Å². The number of nitrogens with zero attached hydrogens (tertiary/aromatic N) is 3. The maximum absolute atomic E-state index is 13.0. The molecular weight excluding hydrogens is 338 g/mol. The van der Waals surface area contributed by atoms with E-state index in [1.54, 1.807) is 23.2 Å². The monoisotopic (exact) mass is 365 g/mol. The number of aromatic nitrogens is 1. The molecule has 0 spiro atoms. The first-order valence-electron chi connectivity index (χ1n) is 9.63. The van der Waals surface area contributed by atoms with E-state index in [2.05, 4.69) is 11.9 Å². The summed E-state index contributed by atoms with van der Waals surface area (Å²) in [5.74, 6) is 0.309. The zero-order chi connectivity index (χ0) is 19.4. The quantitative estimate of drug-likeness (QED) is 0.825. The van der Waals surface area contributed by atoms with Crippen molar-refractivity contribution in [2.75, 3.05) is 24.5 Å². The third kappa shape index (κ3) is 4.35. The van der Waals surface area contributed by atoms with Crippen LogP contribution in [0.15, 0.2) is 42.6 Å². The Kier molecular flexibility index (Phi) is 5.89. The second kappa shape index (κ2) is 8.33. The number of amides is 2. The van der Waals surface area contributed by atoms with Crippen LogP contribution in [0, 0.1) is 12.8 Å². The predicted octanol–water partition coefficient (Wildman–Crippen LogP) is 3.93. The second-order valence-corrected chi connectivity index (χ2v) is 7.32. The minimum atomic E-state index is -0.190. The standard InChI is InChI=1S/C22H27N3O2/c1-4-25(19-9-5-7-16(2)13-19)22(27)20-14-18(10-11-23-20)21(26)24-12-6-8-17(3)15-24/h5,7,9-11,13-14,17H,4,6,8,12,15H2,1-3H3. The molecule has 2 aromatic rings. The molecule has 3 rings (SSSR count). The maximum atomic E-state index is 13.0. The minimum absolute atomic E-state index is 0.0170. The molecule has 1 saturated heterocycles. The lowest BCUT2D eigenvalue weighted by Crippen LogP contribution is -2.39. The summed E-state index contributed by atoms with van der Waals surface area (Å²) in [5.41, 5.74) is 2.76. The normalized spacial score (nSPS) is 16.9. The number of pyridine rings is 1. The van der Waals surface area contributed by atoms with E-state index in [-0.39, 0.29) is 11.8 Å². The number of piperidine rings is 1. The molecule has 1 aliphatic heterocycles. The molecule has 1 fully saturated rings. The molecule has 5 heteroatoms. The van der Waals surface area contributed by atoms with Crippen molar-refractivity contribution in [1.29, 1.82) is 0 Å². The molecule has 0 N–H and O–H groups in total. The van der Waals surface area contributed by atoms with Gasteiger partial charge >= 0.3 is 0 Å². The van der Waals surface area contributed by atoms with E-state index in [1.807, 2.05) is 43.0 Å². The molecular formula is C22H27N3O2. The number of rotatable bonds is 4. The van der Waals surface area contributed by atoms with E-state index in [0.717, 1.165) is 37.2 Å². The smallest absolute Gasteiger partial charge is 0.276 e. The number of anilines is 1. The number of aryl methyl sites for hydroxylation is 1. The van der Waals surface area contributed by atoms with Gasteiger partial charge < -0.3 is 9.80 Å². The minimum Gasteiger partial charge on any atom is -0.338 e. The van der Waals surface area contributed by atoms with Crippen molar-refractivity contribution < 1.29 is 9.59 Å². The largest absolute Gasteiger partial charge is 0.338 e. The second-order valence-electron chi connectivity index (χ2n) is 7.32. The molecule has 2 heterocycles. The van der Waals surface area contributed by atoms with Crippen LogP contribution in [-0.4, -0.2) is 41.3 Å². The Morgan fingerprint density at radius 2 is 2.07 bits per heavy atom. The lowest BCUT2D eigenvalue weighted by Gasteiger charge is -2.31.